The van der Waals surface area contributed by atoms with Gasteiger partial charge in [0.25, 0.3) is 15.9 Å². The van der Waals surface area contributed by atoms with Gasteiger partial charge in [-0.05, 0) is 52.8 Å². The van der Waals surface area contributed by atoms with E-state index in [1.165, 1.54) is 43.2 Å². The number of nitrogens with one attached hydrogen (secondary N) is 1. The summed E-state index contributed by atoms with van der Waals surface area (Å²) in [4.78, 5) is 13.3. The molecular formula is C23H26N2O4S2. The van der Waals surface area contributed by atoms with Crippen molar-refractivity contribution in [2.75, 3.05) is 18.5 Å². The van der Waals surface area contributed by atoms with Crippen LogP contribution in [0.15, 0.2) is 64.9 Å². The summed E-state index contributed by atoms with van der Waals surface area (Å²) in [5, 5.41) is 4.60. The zero-order chi connectivity index (χ0) is 22.6. The summed E-state index contributed by atoms with van der Waals surface area (Å²) in [6, 6.07) is 15.9. The predicted octanol–water partition coefficient (Wildman–Crippen LogP) is 4.64. The van der Waals surface area contributed by atoms with E-state index >= 15 is 0 Å². The van der Waals surface area contributed by atoms with Gasteiger partial charge in [-0.1, -0.05) is 38.1 Å². The lowest BCUT2D eigenvalue weighted by Crippen LogP contribution is -2.29. The van der Waals surface area contributed by atoms with Crippen LogP contribution in [0, 0.1) is 0 Å². The minimum absolute atomic E-state index is 0.124. The molecule has 1 aromatic heterocycles. The highest BCUT2D eigenvalue weighted by Crippen LogP contribution is 2.30. The van der Waals surface area contributed by atoms with Gasteiger partial charge < -0.3 is 10.1 Å². The average Bonchev–Trinajstić information content (AvgIpc) is 3.27. The molecule has 0 aliphatic carbocycles. The van der Waals surface area contributed by atoms with Crippen molar-refractivity contribution < 1.29 is 17.9 Å². The maximum atomic E-state index is 13.0. The van der Waals surface area contributed by atoms with Crippen molar-refractivity contribution >= 4 is 33.0 Å². The first kappa shape index (κ1) is 22.8. The van der Waals surface area contributed by atoms with Gasteiger partial charge in [0, 0.05) is 13.6 Å². The van der Waals surface area contributed by atoms with Crippen LogP contribution >= 0.6 is 11.3 Å². The molecule has 0 saturated heterocycles. The van der Waals surface area contributed by atoms with Gasteiger partial charge in [-0.2, -0.15) is 0 Å². The molecule has 0 spiro atoms. The summed E-state index contributed by atoms with van der Waals surface area (Å²) in [6.45, 7) is 4.63. The Morgan fingerprint density at radius 3 is 2.29 bits per heavy atom. The van der Waals surface area contributed by atoms with Gasteiger partial charge in [0.05, 0.1) is 17.7 Å². The summed E-state index contributed by atoms with van der Waals surface area (Å²) >= 11 is 1.21. The minimum atomic E-state index is -3.82. The Bertz CT molecular complexity index is 1140. The largest absolute Gasteiger partial charge is 0.497 e. The van der Waals surface area contributed by atoms with Crippen molar-refractivity contribution in [3.8, 4) is 5.75 Å². The molecule has 0 radical (unpaired) electrons. The lowest BCUT2D eigenvalue weighted by Gasteiger charge is -2.20. The average molecular weight is 459 g/mol. The quantitative estimate of drug-likeness (QED) is 0.534. The van der Waals surface area contributed by atoms with Crippen molar-refractivity contribution in [3.05, 3.63) is 76.0 Å². The number of benzene rings is 2. The SMILES string of the molecule is COc1ccc(S(=O)(=O)N(C)c2ccsc2C(=O)NCc2ccc(C(C)C)cc2)cc1. The highest BCUT2D eigenvalue weighted by atomic mass is 32.2. The van der Waals surface area contributed by atoms with Crippen LogP contribution in [-0.2, 0) is 16.6 Å². The molecule has 0 unspecified atom stereocenters. The van der Waals surface area contributed by atoms with Gasteiger partial charge in [-0.25, -0.2) is 8.42 Å². The smallest absolute Gasteiger partial charge is 0.264 e. The molecule has 1 amide bonds. The van der Waals surface area contributed by atoms with Crippen LogP contribution in [0.2, 0.25) is 0 Å². The normalized spacial score (nSPS) is 11.4. The lowest BCUT2D eigenvalue weighted by atomic mass is 10.0. The first-order chi connectivity index (χ1) is 14.7. The summed E-state index contributed by atoms with van der Waals surface area (Å²) in [5.41, 5.74) is 2.56. The standard InChI is InChI=1S/C23H26N2O4S2/c1-16(2)18-7-5-17(6-8-18)15-24-23(26)22-21(13-14-30-22)25(3)31(27,28)20-11-9-19(29-4)10-12-20/h5-14,16H,15H2,1-4H3,(H,24,26). The number of rotatable bonds is 8. The number of amides is 1. The summed E-state index contributed by atoms with van der Waals surface area (Å²) in [7, 11) is -0.853. The Morgan fingerprint density at radius 1 is 1.06 bits per heavy atom. The molecule has 2 aromatic carbocycles. The van der Waals surface area contributed by atoms with Crippen LogP contribution in [0.4, 0.5) is 5.69 Å². The molecule has 0 bridgehead atoms. The second-order valence-corrected chi connectivity index (χ2v) is 10.2. The molecule has 3 rings (SSSR count). The van der Waals surface area contributed by atoms with E-state index in [0.29, 0.717) is 28.8 Å². The first-order valence-corrected chi connectivity index (χ1v) is 12.1. The van der Waals surface area contributed by atoms with E-state index < -0.39 is 10.0 Å². The summed E-state index contributed by atoms with van der Waals surface area (Å²) < 4.78 is 32.3. The van der Waals surface area contributed by atoms with Gasteiger partial charge in [-0.15, -0.1) is 11.3 Å². The predicted molar refractivity (Wildman–Crippen MR) is 125 cm³/mol. The number of hydrogen-bond acceptors (Lipinski definition) is 5. The number of carbonyl (C=O) groups is 1. The third-order valence-electron chi connectivity index (χ3n) is 5.01. The van der Waals surface area contributed by atoms with Crippen LogP contribution in [0.5, 0.6) is 5.75 Å². The number of anilines is 1. The second-order valence-electron chi connectivity index (χ2n) is 7.36. The topological polar surface area (TPSA) is 75.7 Å². The van der Waals surface area contributed by atoms with Crippen LogP contribution in [0.25, 0.3) is 0 Å². The fraction of sp³-hybridized carbons (Fsp3) is 0.261. The molecule has 0 atom stereocenters. The van der Waals surface area contributed by atoms with Gasteiger partial charge in [0.2, 0.25) is 0 Å². The Labute approximate surface area is 187 Å². The summed E-state index contributed by atoms with van der Waals surface area (Å²) in [6.07, 6.45) is 0. The van der Waals surface area contributed by atoms with E-state index in [1.54, 1.807) is 23.6 Å². The van der Waals surface area contributed by atoms with Crippen LogP contribution < -0.4 is 14.4 Å². The molecule has 0 aliphatic heterocycles. The highest BCUT2D eigenvalue weighted by molar-refractivity contribution is 7.92. The Morgan fingerprint density at radius 2 is 1.71 bits per heavy atom. The van der Waals surface area contributed by atoms with Crippen LogP contribution in [0.1, 0.15) is 40.6 Å². The molecule has 31 heavy (non-hydrogen) atoms. The Hall–Kier alpha value is -2.84. The van der Waals surface area contributed by atoms with Gasteiger partial charge in [0.1, 0.15) is 10.6 Å². The molecule has 6 nitrogen and oxygen atoms in total. The van der Waals surface area contributed by atoms with E-state index in [1.807, 2.05) is 12.1 Å². The van der Waals surface area contributed by atoms with Gasteiger partial charge in [-0.3, -0.25) is 9.10 Å². The number of nitrogens with zero attached hydrogens (tertiary/aromatic N) is 1. The maximum Gasteiger partial charge on any atom is 0.264 e. The van der Waals surface area contributed by atoms with E-state index in [-0.39, 0.29) is 10.8 Å². The minimum Gasteiger partial charge on any atom is -0.497 e. The van der Waals surface area contributed by atoms with Gasteiger partial charge >= 0.3 is 0 Å². The lowest BCUT2D eigenvalue weighted by molar-refractivity contribution is 0.0955. The molecule has 0 saturated carbocycles. The van der Waals surface area contributed by atoms with Crippen LogP contribution in [0.3, 0.4) is 0 Å². The fourth-order valence-corrected chi connectivity index (χ4v) is 5.14. The molecule has 8 heteroatoms. The number of methoxy groups -OCH3 is 1. The maximum absolute atomic E-state index is 13.0. The number of sulfonamides is 1. The van der Waals surface area contributed by atoms with Gasteiger partial charge in [0.15, 0.2) is 0 Å². The van der Waals surface area contributed by atoms with E-state index in [0.717, 1.165) is 9.87 Å². The zero-order valence-corrected chi connectivity index (χ0v) is 19.6. The second kappa shape index (κ2) is 9.53. The summed E-state index contributed by atoms with van der Waals surface area (Å²) in [5.74, 6) is 0.703. The monoisotopic (exact) mass is 458 g/mol. The van der Waals surface area contributed by atoms with E-state index in [4.69, 9.17) is 4.74 Å². The van der Waals surface area contributed by atoms with E-state index in [2.05, 4.69) is 31.3 Å². The number of hydrogen-bond donors (Lipinski definition) is 1. The molecule has 164 valence electrons. The van der Waals surface area contributed by atoms with Crippen molar-refractivity contribution in [1.29, 1.82) is 0 Å². The van der Waals surface area contributed by atoms with E-state index in [9.17, 15) is 13.2 Å². The zero-order valence-electron chi connectivity index (χ0n) is 18.0. The Balaban J connectivity index is 1.74. The molecule has 0 aliphatic rings. The number of ether oxygens (including phenoxy) is 1. The molecular weight excluding hydrogens is 432 g/mol. The fourth-order valence-electron chi connectivity index (χ4n) is 3.04. The molecule has 3 aromatic rings. The Kier molecular flexibility index (Phi) is 7.02. The molecule has 0 fully saturated rings. The molecule has 1 N–H and O–H groups in total. The first-order valence-electron chi connectivity index (χ1n) is 9.81. The third-order valence-corrected chi connectivity index (χ3v) is 7.70. The van der Waals surface area contributed by atoms with Crippen molar-refractivity contribution in [2.24, 2.45) is 0 Å². The molecule has 1 heterocycles. The van der Waals surface area contributed by atoms with Crippen molar-refractivity contribution in [1.82, 2.24) is 5.32 Å². The highest BCUT2D eigenvalue weighted by Gasteiger charge is 2.26. The number of carbonyl (C=O) groups excluding carboxylic acids is 1. The van der Waals surface area contributed by atoms with Crippen molar-refractivity contribution in [2.45, 2.75) is 31.2 Å². The van der Waals surface area contributed by atoms with Crippen molar-refractivity contribution in [3.63, 3.8) is 0 Å². The number of thiophene rings is 1. The van der Waals surface area contributed by atoms with Crippen LogP contribution in [-0.4, -0.2) is 28.5 Å². The third kappa shape index (κ3) is 5.08.